The van der Waals surface area contributed by atoms with E-state index in [1.54, 1.807) is 30.7 Å². The van der Waals surface area contributed by atoms with E-state index < -0.39 is 0 Å². The van der Waals surface area contributed by atoms with Gasteiger partial charge in [0.2, 0.25) is 5.91 Å². The van der Waals surface area contributed by atoms with E-state index in [0.29, 0.717) is 10.8 Å². The molecule has 8 heteroatoms. The summed E-state index contributed by atoms with van der Waals surface area (Å²) in [5.41, 5.74) is 0. The van der Waals surface area contributed by atoms with Gasteiger partial charge >= 0.3 is 0 Å². The van der Waals surface area contributed by atoms with Crippen LogP contribution in [0.2, 0.25) is 5.02 Å². The molecular weight excluding hydrogens is 328 g/mol. The number of nitrogens with zero attached hydrogens (tertiary/aromatic N) is 5. The van der Waals surface area contributed by atoms with E-state index in [1.165, 1.54) is 6.20 Å². The Balaban J connectivity index is 1.53. The van der Waals surface area contributed by atoms with E-state index in [0.717, 1.165) is 32.0 Å². The number of halogens is 1. The van der Waals surface area contributed by atoms with Crippen LogP contribution in [0.4, 0.5) is 11.6 Å². The van der Waals surface area contributed by atoms with E-state index in [4.69, 9.17) is 11.6 Å². The number of hydrogen-bond donors (Lipinski definition) is 1. The maximum absolute atomic E-state index is 12.4. The molecule has 1 N–H and O–H groups in total. The molecule has 1 atom stereocenters. The molecule has 126 valence electrons. The number of hydrogen-bond acceptors (Lipinski definition) is 6. The zero-order valence-electron chi connectivity index (χ0n) is 13.4. The molecule has 0 radical (unpaired) electrons. The summed E-state index contributed by atoms with van der Waals surface area (Å²) in [7, 11) is 0. The van der Waals surface area contributed by atoms with Crippen LogP contribution >= 0.6 is 11.6 Å². The van der Waals surface area contributed by atoms with Gasteiger partial charge < -0.3 is 10.2 Å². The minimum atomic E-state index is -0.230. The Morgan fingerprint density at radius 1 is 1.17 bits per heavy atom. The van der Waals surface area contributed by atoms with Gasteiger partial charge in [-0.2, -0.15) is 0 Å². The first kappa shape index (κ1) is 16.6. The van der Waals surface area contributed by atoms with Crippen molar-refractivity contribution in [3.8, 4) is 0 Å². The van der Waals surface area contributed by atoms with Gasteiger partial charge in [0.1, 0.15) is 11.6 Å². The first-order chi connectivity index (χ1) is 11.6. The molecule has 1 fully saturated rings. The first-order valence-electron chi connectivity index (χ1n) is 7.81. The van der Waals surface area contributed by atoms with Crippen molar-refractivity contribution >= 4 is 29.1 Å². The number of anilines is 2. The number of carbonyl (C=O) groups excluding carboxylic acids is 1. The monoisotopic (exact) mass is 346 g/mol. The maximum Gasteiger partial charge on any atom is 0.242 e. The van der Waals surface area contributed by atoms with Crippen LogP contribution in [0.5, 0.6) is 0 Å². The summed E-state index contributed by atoms with van der Waals surface area (Å²) in [6, 6.07) is 3.17. The average Bonchev–Trinajstić information content (AvgIpc) is 2.64. The SMILES string of the molecule is CC(C(=O)Nc1ccc(Cl)cn1)N1CCN(c2cnccn2)CC1. The second-order valence-corrected chi connectivity index (χ2v) is 6.05. The van der Waals surface area contributed by atoms with Crippen molar-refractivity contribution in [3.05, 3.63) is 41.9 Å². The molecule has 2 aromatic rings. The summed E-state index contributed by atoms with van der Waals surface area (Å²) in [5.74, 6) is 1.31. The van der Waals surface area contributed by atoms with E-state index >= 15 is 0 Å². The Kier molecular flexibility index (Phi) is 5.22. The summed E-state index contributed by atoms with van der Waals surface area (Å²) in [4.78, 5) is 29.2. The molecule has 3 heterocycles. The fourth-order valence-electron chi connectivity index (χ4n) is 2.64. The molecule has 1 aliphatic heterocycles. The standard InChI is InChI=1S/C16H19ClN6O/c1-12(16(24)21-14-3-2-13(17)10-20-14)22-6-8-23(9-7-22)15-11-18-4-5-19-15/h2-5,10-12H,6-9H2,1H3,(H,20,21,24). The Labute approximate surface area is 145 Å². The van der Waals surface area contributed by atoms with Gasteiger partial charge in [0.15, 0.2) is 0 Å². The highest BCUT2D eigenvalue weighted by molar-refractivity contribution is 6.30. The van der Waals surface area contributed by atoms with Crippen LogP contribution in [0.1, 0.15) is 6.92 Å². The highest BCUT2D eigenvalue weighted by atomic mass is 35.5. The largest absolute Gasteiger partial charge is 0.353 e. The number of rotatable bonds is 4. The van der Waals surface area contributed by atoms with Crippen molar-refractivity contribution in [2.24, 2.45) is 0 Å². The Morgan fingerprint density at radius 2 is 1.96 bits per heavy atom. The summed E-state index contributed by atoms with van der Waals surface area (Å²) < 4.78 is 0. The summed E-state index contributed by atoms with van der Waals surface area (Å²) in [5, 5.41) is 3.37. The molecule has 1 unspecified atom stereocenters. The van der Waals surface area contributed by atoms with Crippen LogP contribution in [0.3, 0.4) is 0 Å². The Bertz CT molecular complexity index is 673. The molecule has 0 spiro atoms. The number of amides is 1. The van der Waals surface area contributed by atoms with Crippen molar-refractivity contribution in [2.75, 3.05) is 36.4 Å². The van der Waals surface area contributed by atoms with E-state index in [-0.39, 0.29) is 11.9 Å². The van der Waals surface area contributed by atoms with Gasteiger partial charge in [-0.15, -0.1) is 0 Å². The van der Waals surface area contributed by atoms with Gasteiger partial charge in [0.25, 0.3) is 0 Å². The van der Waals surface area contributed by atoms with Gasteiger partial charge in [-0.3, -0.25) is 14.7 Å². The Morgan fingerprint density at radius 3 is 2.58 bits per heavy atom. The number of nitrogens with one attached hydrogen (secondary N) is 1. The minimum absolute atomic E-state index is 0.0715. The fourth-order valence-corrected chi connectivity index (χ4v) is 2.75. The molecule has 0 aromatic carbocycles. The minimum Gasteiger partial charge on any atom is -0.353 e. The quantitative estimate of drug-likeness (QED) is 0.907. The van der Waals surface area contributed by atoms with Crippen molar-refractivity contribution in [3.63, 3.8) is 0 Å². The lowest BCUT2D eigenvalue weighted by Gasteiger charge is -2.37. The lowest BCUT2D eigenvalue weighted by Crippen LogP contribution is -2.53. The molecule has 0 saturated carbocycles. The summed E-state index contributed by atoms with van der Waals surface area (Å²) in [6.07, 6.45) is 6.63. The second kappa shape index (κ2) is 7.55. The molecular formula is C16H19ClN6O. The number of pyridine rings is 1. The highest BCUT2D eigenvalue weighted by Gasteiger charge is 2.26. The van der Waals surface area contributed by atoms with Crippen LogP contribution in [-0.2, 0) is 4.79 Å². The number of aromatic nitrogens is 3. The van der Waals surface area contributed by atoms with Crippen LogP contribution in [0.15, 0.2) is 36.9 Å². The van der Waals surface area contributed by atoms with Crippen molar-refractivity contribution < 1.29 is 4.79 Å². The van der Waals surface area contributed by atoms with E-state index in [9.17, 15) is 4.79 Å². The first-order valence-corrected chi connectivity index (χ1v) is 8.19. The zero-order valence-corrected chi connectivity index (χ0v) is 14.1. The lowest BCUT2D eigenvalue weighted by atomic mass is 10.2. The predicted octanol–water partition coefficient (Wildman–Crippen LogP) is 1.67. The number of carbonyl (C=O) groups is 1. The lowest BCUT2D eigenvalue weighted by molar-refractivity contribution is -0.120. The highest BCUT2D eigenvalue weighted by Crippen LogP contribution is 2.15. The molecule has 1 amide bonds. The van der Waals surface area contributed by atoms with Gasteiger partial charge in [-0.25, -0.2) is 9.97 Å². The third-order valence-electron chi connectivity index (χ3n) is 4.09. The van der Waals surface area contributed by atoms with Gasteiger partial charge in [-0.05, 0) is 19.1 Å². The molecule has 0 bridgehead atoms. The average molecular weight is 347 g/mol. The number of piperazine rings is 1. The molecule has 24 heavy (non-hydrogen) atoms. The Hall–Kier alpha value is -2.25. The third-order valence-corrected chi connectivity index (χ3v) is 4.32. The topological polar surface area (TPSA) is 74.2 Å². The molecule has 1 aliphatic rings. The van der Waals surface area contributed by atoms with Crippen LogP contribution in [0, 0.1) is 0 Å². The van der Waals surface area contributed by atoms with Gasteiger partial charge in [0, 0.05) is 44.8 Å². The molecule has 7 nitrogen and oxygen atoms in total. The molecule has 3 rings (SSSR count). The fraction of sp³-hybridized carbons (Fsp3) is 0.375. The van der Waals surface area contributed by atoms with Gasteiger partial charge in [-0.1, -0.05) is 11.6 Å². The third kappa shape index (κ3) is 3.98. The van der Waals surface area contributed by atoms with Crippen LogP contribution in [0.25, 0.3) is 0 Å². The molecule has 0 aliphatic carbocycles. The van der Waals surface area contributed by atoms with E-state index in [1.807, 2.05) is 6.92 Å². The zero-order chi connectivity index (χ0) is 16.9. The normalized spacial score (nSPS) is 16.7. The predicted molar refractivity (Wildman–Crippen MR) is 93.2 cm³/mol. The second-order valence-electron chi connectivity index (χ2n) is 5.61. The summed E-state index contributed by atoms with van der Waals surface area (Å²) in [6.45, 7) is 5.12. The molecule has 1 saturated heterocycles. The van der Waals surface area contributed by atoms with Crippen LogP contribution in [-0.4, -0.2) is 58.0 Å². The molecule has 2 aromatic heterocycles. The smallest absolute Gasteiger partial charge is 0.242 e. The summed E-state index contributed by atoms with van der Waals surface area (Å²) >= 11 is 5.80. The maximum atomic E-state index is 12.4. The van der Waals surface area contributed by atoms with Crippen LogP contribution < -0.4 is 10.2 Å². The van der Waals surface area contributed by atoms with Gasteiger partial charge in [0.05, 0.1) is 17.3 Å². The van der Waals surface area contributed by atoms with Crippen molar-refractivity contribution in [2.45, 2.75) is 13.0 Å². The van der Waals surface area contributed by atoms with Crippen molar-refractivity contribution in [1.82, 2.24) is 19.9 Å². The van der Waals surface area contributed by atoms with Crippen molar-refractivity contribution in [1.29, 1.82) is 0 Å². The van der Waals surface area contributed by atoms with E-state index in [2.05, 4.69) is 30.1 Å².